The first-order valence-electron chi connectivity index (χ1n) is 13.3. The van der Waals surface area contributed by atoms with Crippen molar-refractivity contribution in [1.29, 1.82) is 0 Å². The van der Waals surface area contributed by atoms with Gasteiger partial charge in [-0.2, -0.15) is 18.2 Å². The van der Waals surface area contributed by atoms with Crippen molar-refractivity contribution in [2.24, 2.45) is 5.92 Å². The van der Waals surface area contributed by atoms with Crippen LogP contribution in [0.2, 0.25) is 5.15 Å². The number of methoxy groups -OCH3 is 1. The lowest BCUT2D eigenvalue weighted by molar-refractivity contribution is -0.137. The molecule has 8 nitrogen and oxygen atoms in total. The summed E-state index contributed by atoms with van der Waals surface area (Å²) in [6.45, 7) is 2.73. The van der Waals surface area contributed by atoms with Crippen molar-refractivity contribution in [1.82, 2.24) is 19.5 Å². The molecule has 0 radical (unpaired) electrons. The summed E-state index contributed by atoms with van der Waals surface area (Å²) >= 11 is 5.99. The quantitative estimate of drug-likeness (QED) is 0.231. The van der Waals surface area contributed by atoms with E-state index in [1.807, 2.05) is 18.2 Å². The number of alkyl halides is 3. The topological polar surface area (TPSA) is 86.1 Å². The molecule has 0 amide bonds. The number of nitrogens with zero attached hydrogens (tertiary/aromatic N) is 4. The number of nitrogens with one attached hydrogen (secondary N) is 2. The van der Waals surface area contributed by atoms with Gasteiger partial charge in [0, 0.05) is 29.6 Å². The maximum Gasteiger partial charge on any atom is 0.416 e. The highest BCUT2D eigenvalue weighted by atomic mass is 35.5. The van der Waals surface area contributed by atoms with Gasteiger partial charge in [-0.05, 0) is 55.5 Å². The van der Waals surface area contributed by atoms with Crippen molar-refractivity contribution < 1.29 is 22.6 Å². The first kappa shape index (κ1) is 27.3. The van der Waals surface area contributed by atoms with E-state index in [2.05, 4.69) is 22.5 Å². The third kappa shape index (κ3) is 5.82. The van der Waals surface area contributed by atoms with Gasteiger partial charge in [0.25, 0.3) is 0 Å². The first-order valence-corrected chi connectivity index (χ1v) is 13.6. The Labute approximate surface area is 239 Å². The van der Waals surface area contributed by atoms with E-state index in [0.717, 1.165) is 41.9 Å². The summed E-state index contributed by atoms with van der Waals surface area (Å²) in [5, 5.41) is 7.20. The second-order valence-corrected chi connectivity index (χ2v) is 10.7. The van der Waals surface area contributed by atoms with E-state index in [0.29, 0.717) is 53.1 Å². The van der Waals surface area contributed by atoms with Crippen LogP contribution in [0.15, 0.2) is 55.0 Å². The minimum atomic E-state index is -4.41. The molecule has 1 fully saturated rings. The van der Waals surface area contributed by atoms with E-state index in [4.69, 9.17) is 31.0 Å². The Kier molecular flexibility index (Phi) is 7.25. The number of anilines is 3. The normalized spacial score (nSPS) is 17.6. The summed E-state index contributed by atoms with van der Waals surface area (Å²) < 4.78 is 52.9. The molecule has 214 valence electrons. The number of ether oxygens (including phenoxy) is 2. The standard InChI is InChI=1S/C29H28ClF3N6O2/c1-16(17-3-4-17)35-27-22-14-41-13-21(18-5-7-19(8-6-18)29(31,32)33)26(22)37-28(38-27)36-20-9-10-23(24(11-20)40-2)39-12-25(30)34-15-39/h5-12,15-17,21H,3-4,13-14H2,1-2H3,(H2,35,36,37,38). The second kappa shape index (κ2) is 10.9. The lowest BCUT2D eigenvalue weighted by Gasteiger charge is -2.28. The van der Waals surface area contributed by atoms with E-state index < -0.39 is 11.7 Å². The van der Waals surface area contributed by atoms with E-state index >= 15 is 0 Å². The van der Waals surface area contributed by atoms with Crippen LogP contribution in [0.4, 0.5) is 30.6 Å². The number of hydrogen-bond acceptors (Lipinski definition) is 7. The fraction of sp³-hybridized carbons (Fsp3) is 0.345. The molecule has 2 aromatic carbocycles. The summed E-state index contributed by atoms with van der Waals surface area (Å²) in [6, 6.07) is 10.9. The largest absolute Gasteiger partial charge is 0.494 e. The Balaban J connectivity index is 1.36. The summed E-state index contributed by atoms with van der Waals surface area (Å²) in [7, 11) is 1.58. The maximum absolute atomic E-state index is 13.2. The van der Waals surface area contributed by atoms with Crippen molar-refractivity contribution >= 4 is 29.1 Å². The van der Waals surface area contributed by atoms with E-state index in [1.54, 1.807) is 24.2 Å². The molecular weight excluding hydrogens is 557 g/mol. The molecule has 6 rings (SSSR count). The first-order chi connectivity index (χ1) is 19.7. The molecule has 4 aromatic rings. The van der Waals surface area contributed by atoms with Crippen LogP contribution in [0.1, 0.15) is 48.1 Å². The molecular formula is C29H28ClF3N6O2. The Morgan fingerprint density at radius 3 is 2.56 bits per heavy atom. The Hall–Kier alpha value is -3.83. The van der Waals surface area contributed by atoms with Gasteiger partial charge in [-0.25, -0.2) is 9.97 Å². The lowest BCUT2D eigenvalue weighted by Crippen LogP contribution is -2.26. The zero-order valence-electron chi connectivity index (χ0n) is 22.4. The Morgan fingerprint density at radius 1 is 1.12 bits per heavy atom. The van der Waals surface area contributed by atoms with Gasteiger partial charge < -0.3 is 24.7 Å². The minimum absolute atomic E-state index is 0.203. The van der Waals surface area contributed by atoms with Gasteiger partial charge >= 0.3 is 6.18 Å². The van der Waals surface area contributed by atoms with Crippen molar-refractivity contribution in [2.45, 2.75) is 44.5 Å². The van der Waals surface area contributed by atoms with E-state index in [1.165, 1.54) is 12.1 Å². The summed E-state index contributed by atoms with van der Waals surface area (Å²) in [4.78, 5) is 13.7. The number of aromatic nitrogens is 4. The van der Waals surface area contributed by atoms with Gasteiger partial charge in [-0.3, -0.25) is 0 Å². The van der Waals surface area contributed by atoms with Crippen LogP contribution in [-0.4, -0.2) is 39.3 Å². The molecule has 2 unspecified atom stereocenters. The van der Waals surface area contributed by atoms with Crippen LogP contribution in [0, 0.1) is 5.92 Å². The zero-order chi connectivity index (χ0) is 28.7. The molecule has 12 heteroatoms. The van der Waals surface area contributed by atoms with Crippen molar-refractivity contribution in [2.75, 3.05) is 24.4 Å². The number of rotatable bonds is 8. The third-order valence-corrected chi connectivity index (χ3v) is 7.69. The lowest BCUT2D eigenvalue weighted by atomic mass is 9.91. The van der Waals surface area contributed by atoms with Crippen molar-refractivity contribution in [3.8, 4) is 11.4 Å². The Bertz CT molecular complexity index is 1560. The third-order valence-electron chi connectivity index (χ3n) is 7.50. The monoisotopic (exact) mass is 584 g/mol. The Morgan fingerprint density at radius 2 is 1.90 bits per heavy atom. The number of benzene rings is 2. The van der Waals surface area contributed by atoms with Gasteiger partial charge in [-0.15, -0.1) is 0 Å². The van der Waals surface area contributed by atoms with E-state index in [9.17, 15) is 13.2 Å². The SMILES string of the molecule is COc1cc(Nc2nc(NC(C)C3CC3)c3c(n2)C(c2ccc(C(F)(F)F)cc2)COC3)ccc1-n1cnc(Cl)c1. The number of halogens is 4. The molecule has 2 aromatic heterocycles. The minimum Gasteiger partial charge on any atom is -0.494 e. The summed E-state index contributed by atoms with van der Waals surface area (Å²) in [5.74, 6) is 1.81. The van der Waals surface area contributed by atoms with Gasteiger partial charge in [-0.1, -0.05) is 23.7 Å². The van der Waals surface area contributed by atoms with Crippen LogP contribution in [0.5, 0.6) is 5.75 Å². The molecule has 1 aliphatic carbocycles. The fourth-order valence-corrected chi connectivity index (χ4v) is 5.23. The molecule has 0 spiro atoms. The molecule has 1 saturated carbocycles. The van der Waals surface area contributed by atoms with Gasteiger partial charge in [0.15, 0.2) is 0 Å². The smallest absolute Gasteiger partial charge is 0.416 e. The summed E-state index contributed by atoms with van der Waals surface area (Å²) in [6.07, 6.45) is 1.19. The highest BCUT2D eigenvalue weighted by Crippen LogP contribution is 2.39. The van der Waals surface area contributed by atoms with Crippen LogP contribution in [-0.2, 0) is 17.5 Å². The fourth-order valence-electron chi connectivity index (χ4n) is 5.08. The molecule has 3 heterocycles. The number of fused-ring (bicyclic) bond motifs is 1. The summed E-state index contributed by atoms with van der Waals surface area (Å²) in [5.41, 5.74) is 2.97. The van der Waals surface area contributed by atoms with Gasteiger partial charge in [0.1, 0.15) is 23.0 Å². The molecule has 0 bridgehead atoms. The van der Waals surface area contributed by atoms with Crippen molar-refractivity contribution in [3.63, 3.8) is 0 Å². The van der Waals surface area contributed by atoms with Crippen LogP contribution >= 0.6 is 11.6 Å². The molecule has 1 aliphatic heterocycles. The molecule has 41 heavy (non-hydrogen) atoms. The second-order valence-electron chi connectivity index (χ2n) is 10.3. The van der Waals surface area contributed by atoms with Gasteiger partial charge in [0.2, 0.25) is 5.95 Å². The molecule has 2 N–H and O–H groups in total. The predicted octanol–water partition coefficient (Wildman–Crippen LogP) is 6.96. The molecule has 2 aliphatic rings. The maximum atomic E-state index is 13.2. The van der Waals surface area contributed by atoms with Crippen molar-refractivity contribution in [3.05, 3.63) is 82.5 Å². The number of imidazole rings is 1. The molecule has 2 atom stereocenters. The van der Waals surface area contributed by atoms with Crippen LogP contribution < -0.4 is 15.4 Å². The zero-order valence-corrected chi connectivity index (χ0v) is 23.1. The highest BCUT2D eigenvalue weighted by molar-refractivity contribution is 6.29. The average Bonchev–Trinajstić information content (AvgIpc) is 3.73. The van der Waals surface area contributed by atoms with Gasteiger partial charge in [0.05, 0.1) is 43.2 Å². The predicted molar refractivity (Wildman–Crippen MR) is 149 cm³/mol. The molecule has 0 saturated heterocycles. The number of hydrogen-bond donors (Lipinski definition) is 2. The average molecular weight is 585 g/mol. The van der Waals surface area contributed by atoms with E-state index in [-0.39, 0.29) is 12.0 Å². The van der Waals surface area contributed by atoms with Crippen LogP contribution in [0.25, 0.3) is 5.69 Å². The van der Waals surface area contributed by atoms with Crippen LogP contribution in [0.3, 0.4) is 0 Å². The highest BCUT2D eigenvalue weighted by Gasteiger charge is 2.33.